The lowest BCUT2D eigenvalue weighted by Gasteiger charge is -2.37. The van der Waals surface area contributed by atoms with Crippen LogP contribution in [0, 0.1) is 16.6 Å². The molecule has 0 unspecified atom stereocenters. The molecule has 0 spiro atoms. The number of ketones is 3. The summed E-state index contributed by atoms with van der Waals surface area (Å²) >= 11 is 5.83. The van der Waals surface area contributed by atoms with Crippen LogP contribution in [0.2, 0.25) is 5.02 Å². The van der Waals surface area contributed by atoms with Crippen molar-refractivity contribution in [3.05, 3.63) is 64.6 Å². The van der Waals surface area contributed by atoms with Gasteiger partial charge in [-0.3, -0.25) is 28.5 Å². The number of nitrogens with zero attached hydrogens (tertiary/aromatic N) is 2. The number of alkyl halides is 1. The Morgan fingerprint density at radius 3 is 2.15 bits per heavy atom. The largest absolute Gasteiger partial charge is 0.474 e. The molecule has 2 aromatic carbocycles. The number of ether oxygens (including phenoxy) is 1. The van der Waals surface area contributed by atoms with Crippen molar-refractivity contribution < 1.29 is 51.8 Å². The number of Topliss-reactive ketones (excluding diaryl/α,β-unsaturated/α-hetero) is 3. The molecule has 0 saturated carbocycles. The smallest absolute Gasteiger partial charge is 0.369 e. The fraction of sp³-hybridized carbons (Fsp3) is 0.486. The van der Waals surface area contributed by atoms with Gasteiger partial charge in [0.15, 0.2) is 5.78 Å². The van der Waals surface area contributed by atoms with Crippen LogP contribution in [0.3, 0.4) is 0 Å². The molecule has 4 rings (SSSR count). The molecular weight excluding hydrogens is 735 g/mol. The molecule has 16 heteroatoms. The van der Waals surface area contributed by atoms with Gasteiger partial charge in [-0.2, -0.15) is 0 Å². The number of aromatic nitrogens is 1. The van der Waals surface area contributed by atoms with Crippen molar-refractivity contribution >= 4 is 59.3 Å². The molecule has 1 aromatic heterocycles. The number of likely N-dealkylation sites (tertiary alicyclic amines) is 1. The lowest BCUT2D eigenvalue weighted by atomic mass is 9.83. The number of nitrogens with one attached hydrogen (secondary N) is 1. The van der Waals surface area contributed by atoms with E-state index in [1.807, 2.05) is 0 Å². The van der Waals surface area contributed by atoms with E-state index in [2.05, 4.69) is 5.32 Å². The molecule has 1 saturated heterocycles. The molecule has 1 fully saturated rings. The van der Waals surface area contributed by atoms with E-state index in [0.717, 1.165) is 4.90 Å². The number of fused-ring (bicyclic) bond motifs is 1. The summed E-state index contributed by atoms with van der Waals surface area (Å²) in [4.78, 5) is 88.6. The highest BCUT2D eigenvalue weighted by Gasteiger charge is 2.54. The Balaban J connectivity index is 1.70. The van der Waals surface area contributed by atoms with Gasteiger partial charge in [-0.15, -0.1) is 0 Å². The minimum absolute atomic E-state index is 0.0976. The highest BCUT2D eigenvalue weighted by atomic mass is 35.5. The van der Waals surface area contributed by atoms with Gasteiger partial charge in [-0.05, 0) is 25.1 Å². The Morgan fingerprint density at radius 2 is 1.60 bits per heavy atom. The second-order valence-electron chi connectivity index (χ2n) is 15.5. The first kappa shape index (κ1) is 41.8. The van der Waals surface area contributed by atoms with E-state index < -0.39 is 91.1 Å². The first-order chi connectivity index (χ1) is 24.3. The second-order valence-corrected chi connectivity index (χ2v) is 17.8. The highest BCUT2D eigenvalue weighted by molar-refractivity contribution is 7.53. The fourth-order valence-electron chi connectivity index (χ4n) is 5.93. The first-order valence-corrected chi connectivity index (χ1v) is 18.9. The highest BCUT2D eigenvalue weighted by Crippen LogP contribution is 2.57. The summed E-state index contributed by atoms with van der Waals surface area (Å²) in [5.41, 5.74) is -1.59. The number of benzene rings is 2. The van der Waals surface area contributed by atoms with Crippen molar-refractivity contribution in [2.75, 3.05) is 6.54 Å². The number of halogens is 3. The Morgan fingerprint density at radius 1 is 1.00 bits per heavy atom. The lowest BCUT2D eigenvalue weighted by Crippen LogP contribution is -2.46. The number of carbonyl (C=O) groups is 5. The van der Waals surface area contributed by atoms with E-state index in [-0.39, 0.29) is 46.2 Å². The monoisotopic (exact) mass is 779 g/mol. The van der Waals surface area contributed by atoms with E-state index in [0.29, 0.717) is 5.39 Å². The van der Waals surface area contributed by atoms with E-state index in [4.69, 9.17) is 16.3 Å². The summed E-state index contributed by atoms with van der Waals surface area (Å²) in [7, 11) is -5.38. The van der Waals surface area contributed by atoms with Gasteiger partial charge in [0.25, 0.3) is 0 Å². The van der Waals surface area contributed by atoms with Crippen molar-refractivity contribution in [3.8, 4) is 5.75 Å². The maximum Gasteiger partial charge on any atom is 0.369 e. The van der Waals surface area contributed by atoms with E-state index in [1.54, 1.807) is 41.5 Å². The zero-order valence-corrected chi connectivity index (χ0v) is 32.3. The fourth-order valence-corrected chi connectivity index (χ4v) is 7.05. The summed E-state index contributed by atoms with van der Waals surface area (Å²) in [6.45, 7) is 9.60. The number of hydrogen-bond donors (Lipinski definition) is 3. The maximum absolute atomic E-state index is 14.7. The standard InChI is InChI=1S/C37H45ClF2N3O9P/c1-21(44)26-19-42(20-32(47)43-18-23(39)13-29(43)34(48)41-17-22-9-8-10-27(38)33(22)40)28-14-24(11-12-25(26)28)52-37(53(49,50)51,15-30(45)35(2,3)4)16-31(46)36(5,6)7/h8-12,14,19,23,29H,13,15-18,20H2,1-7H3,(H,41,48)(H2,49,50,51)/t23-,29+/m1/s1. The lowest BCUT2D eigenvalue weighted by molar-refractivity contribution is -0.139. The zero-order valence-electron chi connectivity index (χ0n) is 30.7. The van der Waals surface area contributed by atoms with Crippen molar-refractivity contribution in [2.24, 2.45) is 10.8 Å². The van der Waals surface area contributed by atoms with Crippen LogP contribution in [0.15, 0.2) is 42.6 Å². The minimum Gasteiger partial charge on any atom is -0.474 e. The van der Waals surface area contributed by atoms with Crippen molar-refractivity contribution in [1.82, 2.24) is 14.8 Å². The predicted octanol–water partition coefficient (Wildman–Crippen LogP) is 6.16. The number of carbonyl (C=O) groups excluding carboxylic acids is 5. The third kappa shape index (κ3) is 9.40. The molecule has 0 aliphatic carbocycles. The average molecular weight is 780 g/mol. The van der Waals surface area contributed by atoms with Crippen LogP contribution in [0.1, 0.15) is 83.7 Å². The average Bonchev–Trinajstić information content (AvgIpc) is 3.60. The number of amides is 2. The predicted molar refractivity (Wildman–Crippen MR) is 194 cm³/mol. The molecule has 12 nitrogen and oxygen atoms in total. The van der Waals surface area contributed by atoms with Gasteiger partial charge in [-0.25, -0.2) is 8.78 Å². The molecule has 2 amide bonds. The van der Waals surface area contributed by atoms with Gasteiger partial charge in [0.05, 0.1) is 29.9 Å². The molecule has 53 heavy (non-hydrogen) atoms. The van der Waals surface area contributed by atoms with Gasteiger partial charge in [0.2, 0.25) is 17.2 Å². The second kappa shape index (κ2) is 15.4. The van der Waals surface area contributed by atoms with Crippen molar-refractivity contribution in [3.63, 3.8) is 0 Å². The quantitative estimate of drug-likeness (QED) is 0.136. The molecule has 1 aliphatic rings. The van der Waals surface area contributed by atoms with Crippen molar-refractivity contribution in [2.45, 2.75) is 98.4 Å². The zero-order chi connectivity index (χ0) is 39.8. The maximum atomic E-state index is 14.7. The molecular formula is C37H45ClF2N3O9P. The van der Waals surface area contributed by atoms with Gasteiger partial charge in [0, 0.05) is 52.6 Å². The van der Waals surface area contributed by atoms with Crippen molar-refractivity contribution in [1.29, 1.82) is 0 Å². The molecule has 0 radical (unpaired) electrons. The van der Waals surface area contributed by atoms with Gasteiger partial charge in [-0.1, -0.05) is 65.3 Å². The summed E-state index contributed by atoms with van der Waals surface area (Å²) in [5.74, 6) is -3.79. The van der Waals surface area contributed by atoms with Crippen LogP contribution in [0.5, 0.6) is 5.75 Å². The summed E-state index contributed by atoms with van der Waals surface area (Å²) in [6, 6.07) is 7.17. The van der Waals surface area contributed by atoms with Crippen LogP contribution in [0.25, 0.3) is 10.9 Å². The Labute approximate surface area is 311 Å². The van der Waals surface area contributed by atoms with Crippen LogP contribution in [-0.2, 0) is 36.8 Å². The molecule has 1 aliphatic heterocycles. The normalized spacial score (nSPS) is 16.9. The summed E-state index contributed by atoms with van der Waals surface area (Å²) in [6.07, 6.45) is -2.04. The van der Waals surface area contributed by atoms with E-state index >= 15 is 0 Å². The molecule has 288 valence electrons. The Hall–Kier alpha value is -3.97. The Bertz CT molecular complexity index is 1970. The third-order valence-corrected chi connectivity index (χ3v) is 11.0. The Kier molecular flexibility index (Phi) is 12.1. The van der Waals surface area contributed by atoms with Crippen LogP contribution < -0.4 is 10.1 Å². The third-order valence-electron chi connectivity index (χ3n) is 9.28. The van der Waals surface area contributed by atoms with Crippen LogP contribution in [-0.4, -0.2) is 72.5 Å². The molecule has 3 N–H and O–H groups in total. The SMILES string of the molecule is CC(=O)c1cn(CC(=O)N2C[C@H](F)C[C@H]2C(=O)NCc2cccc(Cl)c2F)c2cc(OC(CC(=O)C(C)(C)C)(CC(=O)C(C)(C)C)P(=O)(O)O)ccc12. The van der Waals surface area contributed by atoms with Gasteiger partial charge in [0.1, 0.15) is 41.9 Å². The number of rotatable bonds is 13. The molecule has 3 aromatic rings. The van der Waals surface area contributed by atoms with E-state index in [1.165, 1.54) is 54.1 Å². The molecule has 2 heterocycles. The minimum atomic E-state index is -5.38. The molecule has 0 bridgehead atoms. The first-order valence-electron chi connectivity index (χ1n) is 16.9. The van der Waals surface area contributed by atoms with E-state index in [9.17, 15) is 47.1 Å². The summed E-state index contributed by atoms with van der Waals surface area (Å²) < 4.78 is 49.8. The topological polar surface area (TPSA) is 172 Å². The molecule has 2 atom stereocenters. The van der Waals surface area contributed by atoms with Gasteiger partial charge < -0.3 is 29.3 Å². The number of hydrogen-bond acceptors (Lipinski definition) is 7. The van der Waals surface area contributed by atoms with Gasteiger partial charge >= 0.3 is 7.60 Å². The van der Waals surface area contributed by atoms with Crippen LogP contribution in [0.4, 0.5) is 8.78 Å². The summed E-state index contributed by atoms with van der Waals surface area (Å²) in [5, 5.41) is 0.152. The van der Waals surface area contributed by atoms with Crippen LogP contribution >= 0.6 is 19.2 Å².